The van der Waals surface area contributed by atoms with E-state index in [0.717, 1.165) is 23.1 Å². The molecular formula is C12H18BrNO3. The van der Waals surface area contributed by atoms with Crippen LogP contribution in [-0.2, 0) is 9.47 Å². The first-order valence-corrected chi connectivity index (χ1v) is 6.35. The Bertz CT molecular complexity index is 334. The van der Waals surface area contributed by atoms with E-state index in [1.807, 2.05) is 13.0 Å². The van der Waals surface area contributed by atoms with E-state index < -0.39 is 0 Å². The Kier molecular flexibility index (Phi) is 7.16. The molecule has 0 N–H and O–H groups in total. The van der Waals surface area contributed by atoms with Gasteiger partial charge in [0.25, 0.3) is 0 Å². The Balaban J connectivity index is 2.11. The highest BCUT2D eigenvalue weighted by Crippen LogP contribution is 2.18. The SMILES string of the molecule is COCCCOCCOc1cc(C)c(Br)cn1. The summed E-state index contributed by atoms with van der Waals surface area (Å²) in [5, 5.41) is 0. The van der Waals surface area contributed by atoms with Gasteiger partial charge in [-0.15, -0.1) is 0 Å². The summed E-state index contributed by atoms with van der Waals surface area (Å²) in [6.45, 7) is 4.51. The highest BCUT2D eigenvalue weighted by atomic mass is 79.9. The number of rotatable bonds is 8. The van der Waals surface area contributed by atoms with Crippen molar-refractivity contribution in [2.24, 2.45) is 0 Å². The van der Waals surface area contributed by atoms with E-state index >= 15 is 0 Å². The Morgan fingerprint density at radius 2 is 2.06 bits per heavy atom. The summed E-state index contributed by atoms with van der Waals surface area (Å²) in [5.41, 5.74) is 1.11. The second-order valence-corrected chi connectivity index (χ2v) is 4.43. The Morgan fingerprint density at radius 1 is 1.24 bits per heavy atom. The summed E-state index contributed by atoms with van der Waals surface area (Å²) in [7, 11) is 1.69. The predicted octanol–water partition coefficient (Wildman–Crippen LogP) is 2.58. The van der Waals surface area contributed by atoms with Gasteiger partial charge in [0.05, 0.1) is 6.61 Å². The van der Waals surface area contributed by atoms with Gasteiger partial charge in [0.1, 0.15) is 6.61 Å². The van der Waals surface area contributed by atoms with Crippen molar-refractivity contribution in [3.05, 3.63) is 22.3 Å². The molecule has 0 saturated heterocycles. The number of methoxy groups -OCH3 is 1. The van der Waals surface area contributed by atoms with Crippen molar-refractivity contribution in [2.75, 3.05) is 33.5 Å². The van der Waals surface area contributed by atoms with Gasteiger partial charge in [0, 0.05) is 37.1 Å². The first-order chi connectivity index (χ1) is 8.24. The van der Waals surface area contributed by atoms with Crippen molar-refractivity contribution in [3.8, 4) is 5.88 Å². The normalized spacial score (nSPS) is 10.5. The third kappa shape index (κ3) is 6.00. The van der Waals surface area contributed by atoms with Crippen LogP contribution in [0.25, 0.3) is 0 Å². The summed E-state index contributed by atoms with van der Waals surface area (Å²) in [5.74, 6) is 0.631. The fourth-order valence-electron chi connectivity index (χ4n) is 1.21. The molecule has 0 aromatic carbocycles. The van der Waals surface area contributed by atoms with Gasteiger partial charge < -0.3 is 14.2 Å². The molecule has 0 radical (unpaired) electrons. The van der Waals surface area contributed by atoms with E-state index in [2.05, 4.69) is 20.9 Å². The van der Waals surface area contributed by atoms with E-state index in [1.54, 1.807) is 13.3 Å². The Morgan fingerprint density at radius 3 is 2.76 bits per heavy atom. The summed E-state index contributed by atoms with van der Waals surface area (Å²) in [6.07, 6.45) is 2.65. The molecule has 0 aliphatic carbocycles. The van der Waals surface area contributed by atoms with Crippen LogP contribution in [0, 0.1) is 6.92 Å². The van der Waals surface area contributed by atoms with E-state index in [1.165, 1.54) is 0 Å². The zero-order valence-corrected chi connectivity index (χ0v) is 11.8. The van der Waals surface area contributed by atoms with Crippen molar-refractivity contribution in [2.45, 2.75) is 13.3 Å². The molecule has 0 atom stereocenters. The fourth-order valence-corrected chi connectivity index (χ4v) is 1.42. The molecule has 0 spiro atoms. The van der Waals surface area contributed by atoms with E-state index in [9.17, 15) is 0 Å². The fraction of sp³-hybridized carbons (Fsp3) is 0.583. The quantitative estimate of drug-likeness (QED) is 0.692. The second kappa shape index (κ2) is 8.44. The highest BCUT2D eigenvalue weighted by Gasteiger charge is 1.99. The molecule has 0 bridgehead atoms. The number of ether oxygens (including phenoxy) is 3. The first-order valence-electron chi connectivity index (χ1n) is 5.55. The molecule has 1 aromatic rings. The summed E-state index contributed by atoms with van der Waals surface area (Å²) < 4.78 is 16.7. The van der Waals surface area contributed by atoms with Gasteiger partial charge in [-0.05, 0) is 34.8 Å². The van der Waals surface area contributed by atoms with E-state index in [-0.39, 0.29) is 0 Å². The van der Waals surface area contributed by atoms with Crippen molar-refractivity contribution in [1.82, 2.24) is 4.98 Å². The number of hydrogen-bond acceptors (Lipinski definition) is 4. The van der Waals surface area contributed by atoms with Crippen molar-refractivity contribution < 1.29 is 14.2 Å². The smallest absolute Gasteiger partial charge is 0.213 e. The third-order valence-corrected chi connectivity index (χ3v) is 2.97. The zero-order valence-electron chi connectivity index (χ0n) is 10.2. The molecule has 0 saturated carbocycles. The highest BCUT2D eigenvalue weighted by molar-refractivity contribution is 9.10. The van der Waals surface area contributed by atoms with Crippen LogP contribution in [0.4, 0.5) is 0 Å². The molecule has 1 aromatic heterocycles. The van der Waals surface area contributed by atoms with Crippen LogP contribution in [-0.4, -0.2) is 38.5 Å². The number of aryl methyl sites for hydroxylation is 1. The third-order valence-electron chi connectivity index (χ3n) is 2.14. The maximum absolute atomic E-state index is 5.46. The Hall–Kier alpha value is -0.650. The van der Waals surface area contributed by atoms with E-state index in [4.69, 9.17) is 14.2 Å². The summed E-state index contributed by atoms with van der Waals surface area (Å²) in [4.78, 5) is 4.14. The van der Waals surface area contributed by atoms with Crippen LogP contribution in [0.3, 0.4) is 0 Å². The lowest BCUT2D eigenvalue weighted by Gasteiger charge is -2.07. The van der Waals surface area contributed by atoms with Gasteiger partial charge >= 0.3 is 0 Å². The van der Waals surface area contributed by atoms with Gasteiger partial charge in [-0.25, -0.2) is 4.98 Å². The van der Waals surface area contributed by atoms with Gasteiger partial charge in [0.15, 0.2) is 0 Å². The van der Waals surface area contributed by atoms with Crippen LogP contribution in [0.1, 0.15) is 12.0 Å². The predicted molar refractivity (Wildman–Crippen MR) is 69.5 cm³/mol. The van der Waals surface area contributed by atoms with Gasteiger partial charge in [-0.3, -0.25) is 0 Å². The average Bonchev–Trinajstić information content (AvgIpc) is 2.32. The first kappa shape index (κ1) is 14.4. The molecule has 0 aliphatic rings. The number of halogens is 1. The maximum atomic E-state index is 5.46. The number of hydrogen-bond donors (Lipinski definition) is 0. The van der Waals surface area contributed by atoms with Crippen molar-refractivity contribution >= 4 is 15.9 Å². The maximum Gasteiger partial charge on any atom is 0.213 e. The molecule has 0 fully saturated rings. The van der Waals surface area contributed by atoms with Crippen LogP contribution < -0.4 is 4.74 Å². The molecule has 5 heteroatoms. The molecule has 0 unspecified atom stereocenters. The van der Waals surface area contributed by atoms with Gasteiger partial charge in [-0.1, -0.05) is 0 Å². The van der Waals surface area contributed by atoms with Crippen LogP contribution in [0.15, 0.2) is 16.7 Å². The number of nitrogens with zero attached hydrogens (tertiary/aromatic N) is 1. The molecule has 96 valence electrons. The zero-order chi connectivity index (χ0) is 12.5. The molecular weight excluding hydrogens is 286 g/mol. The minimum absolute atomic E-state index is 0.515. The van der Waals surface area contributed by atoms with Crippen molar-refractivity contribution in [1.29, 1.82) is 0 Å². The topological polar surface area (TPSA) is 40.6 Å². The lowest BCUT2D eigenvalue weighted by Crippen LogP contribution is -2.09. The molecule has 1 heterocycles. The molecule has 0 amide bonds. The minimum atomic E-state index is 0.515. The molecule has 0 aliphatic heterocycles. The number of aromatic nitrogens is 1. The van der Waals surface area contributed by atoms with Gasteiger partial charge in [-0.2, -0.15) is 0 Å². The number of pyridine rings is 1. The lowest BCUT2D eigenvalue weighted by atomic mass is 10.3. The van der Waals surface area contributed by atoms with Crippen LogP contribution >= 0.6 is 15.9 Å². The van der Waals surface area contributed by atoms with Gasteiger partial charge in [0.2, 0.25) is 5.88 Å². The van der Waals surface area contributed by atoms with E-state index in [0.29, 0.717) is 25.7 Å². The van der Waals surface area contributed by atoms with Crippen LogP contribution in [0.2, 0.25) is 0 Å². The monoisotopic (exact) mass is 303 g/mol. The summed E-state index contributed by atoms with van der Waals surface area (Å²) >= 11 is 3.39. The summed E-state index contributed by atoms with van der Waals surface area (Å²) in [6, 6.07) is 1.90. The molecule has 1 rings (SSSR count). The van der Waals surface area contributed by atoms with Crippen molar-refractivity contribution in [3.63, 3.8) is 0 Å². The average molecular weight is 304 g/mol. The molecule has 17 heavy (non-hydrogen) atoms. The largest absolute Gasteiger partial charge is 0.475 e. The van der Waals surface area contributed by atoms with Crippen LogP contribution in [0.5, 0.6) is 5.88 Å². The molecule has 4 nitrogen and oxygen atoms in total. The standard InChI is InChI=1S/C12H18BrNO3/c1-10-8-12(14-9-11(10)13)17-7-6-16-5-3-4-15-2/h8-9H,3-7H2,1-2H3. The minimum Gasteiger partial charge on any atom is -0.475 e. The second-order valence-electron chi connectivity index (χ2n) is 3.58. The Labute approximate surface area is 110 Å². The lowest BCUT2D eigenvalue weighted by molar-refractivity contribution is 0.0795.